The average molecular weight is 447 g/mol. The summed E-state index contributed by atoms with van der Waals surface area (Å²) >= 11 is 0. The van der Waals surface area contributed by atoms with Crippen molar-refractivity contribution in [2.75, 3.05) is 13.1 Å². The standard InChI is InChI=1S/C24H31FN2O3S/c1-17(18-7-9-20(10-8-18)24(2,3)4)26-23(28)19-6-5-15-27(16-19)31(29,30)22-13-11-21(25)12-14-22/h7-14,17,19H,5-6,15-16H2,1-4H3,(H,26,28). The molecular weight excluding hydrogens is 415 g/mol. The van der Waals surface area contributed by atoms with Gasteiger partial charge in [-0.25, -0.2) is 12.8 Å². The van der Waals surface area contributed by atoms with Gasteiger partial charge in [-0.2, -0.15) is 4.31 Å². The monoisotopic (exact) mass is 446 g/mol. The van der Waals surface area contributed by atoms with Crippen LogP contribution in [0.4, 0.5) is 4.39 Å². The summed E-state index contributed by atoms with van der Waals surface area (Å²) in [5, 5.41) is 3.03. The van der Waals surface area contributed by atoms with Gasteiger partial charge in [0.25, 0.3) is 0 Å². The Bertz CT molecular complexity index is 1010. The lowest BCUT2D eigenvalue weighted by atomic mass is 9.86. The Labute approximate surface area is 184 Å². The third-order valence-corrected chi connectivity index (χ3v) is 7.72. The molecule has 1 saturated heterocycles. The minimum Gasteiger partial charge on any atom is -0.349 e. The molecule has 2 aromatic carbocycles. The van der Waals surface area contributed by atoms with E-state index in [0.717, 1.165) is 17.7 Å². The number of rotatable bonds is 5. The number of nitrogens with one attached hydrogen (secondary N) is 1. The van der Waals surface area contributed by atoms with Crippen LogP contribution in [0.1, 0.15) is 57.7 Å². The van der Waals surface area contributed by atoms with E-state index in [4.69, 9.17) is 0 Å². The van der Waals surface area contributed by atoms with E-state index < -0.39 is 21.8 Å². The number of hydrogen-bond donors (Lipinski definition) is 1. The second kappa shape index (κ2) is 9.09. The van der Waals surface area contributed by atoms with Gasteiger partial charge in [0, 0.05) is 13.1 Å². The van der Waals surface area contributed by atoms with Crippen LogP contribution in [0, 0.1) is 11.7 Å². The largest absolute Gasteiger partial charge is 0.349 e. The van der Waals surface area contributed by atoms with E-state index in [1.165, 1.54) is 22.0 Å². The fourth-order valence-electron chi connectivity index (χ4n) is 3.82. The SMILES string of the molecule is CC(NC(=O)C1CCCN(S(=O)(=O)c2ccc(F)cc2)C1)c1ccc(C(C)(C)C)cc1. The van der Waals surface area contributed by atoms with Gasteiger partial charge in [0.1, 0.15) is 5.82 Å². The second-order valence-electron chi connectivity index (χ2n) is 9.26. The van der Waals surface area contributed by atoms with Gasteiger partial charge in [-0.1, -0.05) is 45.0 Å². The number of nitrogens with zero attached hydrogens (tertiary/aromatic N) is 1. The lowest BCUT2D eigenvalue weighted by Gasteiger charge is -2.32. The zero-order chi connectivity index (χ0) is 22.8. The number of amides is 1. The van der Waals surface area contributed by atoms with Crippen LogP contribution in [0.3, 0.4) is 0 Å². The Kier molecular flexibility index (Phi) is 6.86. The Balaban J connectivity index is 1.66. The van der Waals surface area contributed by atoms with Crippen molar-refractivity contribution in [3.63, 3.8) is 0 Å². The fraction of sp³-hybridized carbons (Fsp3) is 0.458. The van der Waals surface area contributed by atoms with Crippen molar-refractivity contribution in [3.05, 3.63) is 65.5 Å². The molecule has 2 atom stereocenters. The first kappa shape index (κ1) is 23.4. The number of piperidine rings is 1. The highest BCUT2D eigenvalue weighted by molar-refractivity contribution is 7.89. The molecule has 1 amide bonds. The van der Waals surface area contributed by atoms with Crippen LogP contribution in [0.2, 0.25) is 0 Å². The van der Waals surface area contributed by atoms with Crippen LogP contribution in [0.15, 0.2) is 53.4 Å². The van der Waals surface area contributed by atoms with E-state index in [9.17, 15) is 17.6 Å². The van der Waals surface area contributed by atoms with Crippen LogP contribution < -0.4 is 5.32 Å². The average Bonchev–Trinajstić information content (AvgIpc) is 2.73. The molecule has 0 bridgehead atoms. The van der Waals surface area contributed by atoms with E-state index in [0.29, 0.717) is 19.4 Å². The van der Waals surface area contributed by atoms with Gasteiger partial charge in [0.05, 0.1) is 16.9 Å². The molecule has 31 heavy (non-hydrogen) atoms. The van der Waals surface area contributed by atoms with E-state index in [1.807, 2.05) is 19.1 Å². The molecule has 168 valence electrons. The van der Waals surface area contributed by atoms with E-state index in [1.54, 1.807) is 0 Å². The molecule has 1 N–H and O–H groups in total. The van der Waals surface area contributed by atoms with Crippen molar-refractivity contribution in [1.29, 1.82) is 0 Å². The highest BCUT2D eigenvalue weighted by atomic mass is 32.2. The van der Waals surface area contributed by atoms with Crippen molar-refractivity contribution in [2.45, 2.75) is 56.9 Å². The molecule has 0 aromatic heterocycles. The number of halogens is 1. The van der Waals surface area contributed by atoms with Crippen LogP contribution in [0.25, 0.3) is 0 Å². The van der Waals surface area contributed by atoms with E-state index in [2.05, 4.69) is 38.2 Å². The molecule has 3 rings (SSSR count). The minimum absolute atomic E-state index is 0.0438. The molecule has 5 nitrogen and oxygen atoms in total. The van der Waals surface area contributed by atoms with Gasteiger partial charge in [-0.15, -0.1) is 0 Å². The smallest absolute Gasteiger partial charge is 0.243 e. The number of benzene rings is 2. The van der Waals surface area contributed by atoms with Crippen molar-refractivity contribution < 1.29 is 17.6 Å². The minimum atomic E-state index is -3.76. The molecular formula is C24H31FN2O3S. The Morgan fingerprint density at radius 1 is 1.10 bits per heavy atom. The fourth-order valence-corrected chi connectivity index (χ4v) is 5.34. The summed E-state index contributed by atoms with van der Waals surface area (Å²) in [6.07, 6.45) is 1.24. The molecule has 0 radical (unpaired) electrons. The number of carbonyl (C=O) groups excluding carboxylic acids is 1. The predicted molar refractivity (Wildman–Crippen MR) is 120 cm³/mol. The van der Waals surface area contributed by atoms with Crippen molar-refractivity contribution in [1.82, 2.24) is 9.62 Å². The van der Waals surface area contributed by atoms with E-state index >= 15 is 0 Å². The summed E-state index contributed by atoms with van der Waals surface area (Å²) in [7, 11) is -3.76. The lowest BCUT2D eigenvalue weighted by molar-refractivity contribution is -0.126. The summed E-state index contributed by atoms with van der Waals surface area (Å²) in [5.41, 5.74) is 2.30. The van der Waals surface area contributed by atoms with Gasteiger partial charge < -0.3 is 5.32 Å². The predicted octanol–water partition coefficient (Wildman–Crippen LogP) is 4.40. The first-order valence-corrected chi connectivity index (χ1v) is 12.1. The maximum atomic E-state index is 13.2. The number of sulfonamides is 1. The molecule has 2 unspecified atom stereocenters. The van der Waals surface area contributed by atoms with Crippen molar-refractivity contribution in [3.8, 4) is 0 Å². The van der Waals surface area contributed by atoms with Crippen LogP contribution in [-0.2, 0) is 20.2 Å². The first-order valence-electron chi connectivity index (χ1n) is 10.6. The van der Waals surface area contributed by atoms with Crippen LogP contribution in [-0.4, -0.2) is 31.7 Å². The Hall–Kier alpha value is -2.25. The molecule has 1 fully saturated rings. The molecule has 0 saturated carbocycles. The van der Waals surface area contributed by atoms with Gasteiger partial charge in [-0.3, -0.25) is 4.79 Å². The third-order valence-electron chi connectivity index (χ3n) is 5.84. The van der Waals surface area contributed by atoms with Gasteiger partial charge in [0.15, 0.2) is 0 Å². The summed E-state index contributed by atoms with van der Waals surface area (Å²) in [6, 6.07) is 12.8. The summed E-state index contributed by atoms with van der Waals surface area (Å²) in [5.74, 6) is -1.05. The molecule has 7 heteroatoms. The zero-order valence-electron chi connectivity index (χ0n) is 18.6. The molecule has 0 spiro atoms. The molecule has 2 aromatic rings. The molecule has 1 heterocycles. The topological polar surface area (TPSA) is 66.5 Å². The van der Waals surface area contributed by atoms with Gasteiger partial charge in [0.2, 0.25) is 15.9 Å². The van der Waals surface area contributed by atoms with Crippen molar-refractivity contribution in [2.24, 2.45) is 5.92 Å². The summed E-state index contributed by atoms with van der Waals surface area (Å²) in [6.45, 7) is 8.88. The third kappa shape index (κ3) is 5.52. The molecule has 0 aliphatic carbocycles. The summed E-state index contributed by atoms with van der Waals surface area (Å²) < 4.78 is 40.3. The van der Waals surface area contributed by atoms with Gasteiger partial charge >= 0.3 is 0 Å². The molecule has 1 aliphatic heterocycles. The maximum Gasteiger partial charge on any atom is 0.243 e. The second-order valence-corrected chi connectivity index (χ2v) is 11.2. The lowest BCUT2D eigenvalue weighted by Crippen LogP contribution is -2.45. The maximum absolute atomic E-state index is 13.2. The van der Waals surface area contributed by atoms with E-state index in [-0.39, 0.29) is 28.8 Å². The summed E-state index contributed by atoms with van der Waals surface area (Å²) in [4.78, 5) is 12.9. The highest BCUT2D eigenvalue weighted by Crippen LogP contribution is 2.26. The first-order chi connectivity index (χ1) is 14.5. The van der Waals surface area contributed by atoms with Crippen LogP contribution >= 0.6 is 0 Å². The quantitative estimate of drug-likeness (QED) is 0.740. The number of carbonyl (C=O) groups is 1. The number of hydrogen-bond acceptors (Lipinski definition) is 3. The van der Waals surface area contributed by atoms with Crippen molar-refractivity contribution >= 4 is 15.9 Å². The Morgan fingerprint density at radius 3 is 2.29 bits per heavy atom. The molecule has 1 aliphatic rings. The van der Waals surface area contributed by atoms with Gasteiger partial charge in [-0.05, 0) is 60.6 Å². The highest BCUT2D eigenvalue weighted by Gasteiger charge is 2.33. The van der Waals surface area contributed by atoms with Crippen LogP contribution in [0.5, 0.6) is 0 Å². The Morgan fingerprint density at radius 2 is 1.71 bits per heavy atom. The zero-order valence-corrected chi connectivity index (χ0v) is 19.4. The normalized spacial score (nSPS) is 19.1.